The quantitative estimate of drug-likeness (QED) is 0.862. The van der Waals surface area contributed by atoms with Gasteiger partial charge in [-0.2, -0.15) is 0 Å². The van der Waals surface area contributed by atoms with Gasteiger partial charge in [0.1, 0.15) is 10.8 Å². The molecular formula is C15H23N3S. The van der Waals surface area contributed by atoms with E-state index >= 15 is 0 Å². The zero-order valence-corrected chi connectivity index (χ0v) is 12.8. The van der Waals surface area contributed by atoms with Gasteiger partial charge < -0.3 is 10.6 Å². The molecule has 2 rings (SSSR count). The van der Waals surface area contributed by atoms with Crippen molar-refractivity contribution in [3.05, 3.63) is 23.4 Å². The molecule has 0 aliphatic heterocycles. The van der Waals surface area contributed by atoms with Crippen LogP contribution in [0.4, 0.5) is 5.82 Å². The normalized spacial score (nSPS) is 23.1. The van der Waals surface area contributed by atoms with Crippen molar-refractivity contribution in [3.8, 4) is 0 Å². The Kier molecular flexibility index (Phi) is 4.40. The first-order valence-corrected chi connectivity index (χ1v) is 7.40. The van der Waals surface area contributed by atoms with Crippen LogP contribution in [0.15, 0.2) is 12.1 Å². The minimum absolute atomic E-state index is 0.429. The second-order valence-corrected chi connectivity index (χ2v) is 6.16. The van der Waals surface area contributed by atoms with Crippen molar-refractivity contribution < 1.29 is 0 Å². The molecule has 1 aliphatic carbocycles. The number of rotatable bonds is 3. The first-order chi connectivity index (χ1) is 8.99. The van der Waals surface area contributed by atoms with Crippen molar-refractivity contribution in [2.24, 2.45) is 11.7 Å². The van der Waals surface area contributed by atoms with E-state index in [1.807, 2.05) is 19.1 Å². The van der Waals surface area contributed by atoms with E-state index in [0.717, 1.165) is 23.0 Å². The fourth-order valence-corrected chi connectivity index (χ4v) is 3.09. The number of aromatic nitrogens is 1. The molecule has 4 heteroatoms. The van der Waals surface area contributed by atoms with E-state index < -0.39 is 0 Å². The molecule has 0 aromatic carbocycles. The second kappa shape index (κ2) is 5.87. The third-order valence-corrected chi connectivity index (χ3v) is 4.29. The van der Waals surface area contributed by atoms with Crippen molar-refractivity contribution in [1.82, 2.24) is 4.98 Å². The Hall–Kier alpha value is -1.16. The highest BCUT2D eigenvalue weighted by molar-refractivity contribution is 7.80. The number of hydrogen-bond acceptors (Lipinski definition) is 3. The number of thiocarbonyl (C=S) groups is 1. The van der Waals surface area contributed by atoms with Crippen molar-refractivity contribution in [2.75, 3.05) is 11.9 Å². The molecule has 2 atom stereocenters. The summed E-state index contributed by atoms with van der Waals surface area (Å²) in [5, 5.41) is 0. The SMILES string of the molecule is Cc1ccc(C(N)=S)c(N(C)C2CCCC(C)C2)n1. The lowest BCUT2D eigenvalue weighted by Crippen LogP contribution is -2.37. The summed E-state index contributed by atoms with van der Waals surface area (Å²) in [5.74, 6) is 1.73. The molecule has 1 aromatic heterocycles. The molecule has 1 aromatic rings. The highest BCUT2D eigenvalue weighted by Gasteiger charge is 2.25. The molecule has 0 saturated heterocycles. The van der Waals surface area contributed by atoms with Crippen LogP contribution in [0.3, 0.4) is 0 Å². The molecule has 1 fully saturated rings. The Morgan fingerprint density at radius 2 is 2.16 bits per heavy atom. The van der Waals surface area contributed by atoms with Gasteiger partial charge in [0, 0.05) is 18.8 Å². The molecular weight excluding hydrogens is 254 g/mol. The summed E-state index contributed by atoms with van der Waals surface area (Å²) in [6.45, 7) is 4.34. The van der Waals surface area contributed by atoms with Crippen LogP contribution in [0.5, 0.6) is 0 Å². The van der Waals surface area contributed by atoms with Gasteiger partial charge in [-0.25, -0.2) is 4.98 Å². The smallest absolute Gasteiger partial charge is 0.139 e. The molecule has 0 spiro atoms. The van der Waals surface area contributed by atoms with E-state index in [1.165, 1.54) is 25.7 Å². The number of hydrogen-bond donors (Lipinski definition) is 1. The van der Waals surface area contributed by atoms with Gasteiger partial charge in [-0.15, -0.1) is 0 Å². The highest BCUT2D eigenvalue weighted by atomic mass is 32.1. The van der Waals surface area contributed by atoms with Crippen molar-refractivity contribution in [3.63, 3.8) is 0 Å². The van der Waals surface area contributed by atoms with Crippen LogP contribution in [0, 0.1) is 12.8 Å². The predicted octanol–water partition coefficient (Wildman–Crippen LogP) is 3.04. The molecule has 0 radical (unpaired) electrons. The van der Waals surface area contributed by atoms with Crippen molar-refractivity contribution >= 4 is 23.0 Å². The molecule has 0 amide bonds. The fraction of sp³-hybridized carbons (Fsp3) is 0.600. The molecule has 2 N–H and O–H groups in total. The molecule has 1 heterocycles. The largest absolute Gasteiger partial charge is 0.389 e. The molecule has 1 saturated carbocycles. The number of nitrogens with zero attached hydrogens (tertiary/aromatic N) is 2. The van der Waals surface area contributed by atoms with Crippen LogP contribution < -0.4 is 10.6 Å². The summed E-state index contributed by atoms with van der Waals surface area (Å²) >= 11 is 5.15. The van der Waals surface area contributed by atoms with Gasteiger partial charge in [0.05, 0.1) is 5.56 Å². The lowest BCUT2D eigenvalue weighted by molar-refractivity contribution is 0.335. The zero-order valence-electron chi connectivity index (χ0n) is 12.0. The van der Waals surface area contributed by atoms with Gasteiger partial charge >= 0.3 is 0 Å². The van der Waals surface area contributed by atoms with Crippen LogP contribution in [-0.2, 0) is 0 Å². The Morgan fingerprint density at radius 3 is 2.79 bits per heavy atom. The van der Waals surface area contributed by atoms with Gasteiger partial charge in [-0.3, -0.25) is 0 Å². The monoisotopic (exact) mass is 277 g/mol. The van der Waals surface area contributed by atoms with Gasteiger partial charge in [-0.1, -0.05) is 32.0 Å². The molecule has 2 unspecified atom stereocenters. The fourth-order valence-electron chi connectivity index (χ4n) is 2.93. The number of anilines is 1. The minimum Gasteiger partial charge on any atom is -0.389 e. The van der Waals surface area contributed by atoms with Gasteiger partial charge in [0.25, 0.3) is 0 Å². The average molecular weight is 277 g/mol. The molecule has 19 heavy (non-hydrogen) atoms. The third kappa shape index (κ3) is 3.24. The standard InChI is InChI=1S/C15H23N3S/c1-10-5-4-6-12(9-10)18(3)15-13(14(16)19)8-7-11(2)17-15/h7-8,10,12H,4-6,9H2,1-3H3,(H2,16,19). The van der Waals surface area contributed by atoms with Crippen LogP contribution in [0.2, 0.25) is 0 Å². The second-order valence-electron chi connectivity index (χ2n) is 5.72. The van der Waals surface area contributed by atoms with Gasteiger partial charge in [0.15, 0.2) is 0 Å². The minimum atomic E-state index is 0.429. The highest BCUT2D eigenvalue weighted by Crippen LogP contribution is 2.30. The van der Waals surface area contributed by atoms with Crippen LogP contribution in [-0.4, -0.2) is 23.1 Å². The van der Waals surface area contributed by atoms with Crippen LogP contribution >= 0.6 is 12.2 Å². The van der Waals surface area contributed by atoms with Crippen LogP contribution in [0.1, 0.15) is 43.9 Å². The number of aryl methyl sites for hydroxylation is 1. The maximum atomic E-state index is 5.82. The summed E-state index contributed by atoms with van der Waals surface area (Å²) in [6.07, 6.45) is 5.09. The van der Waals surface area contributed by atoms with E-state index in [0.29, 0.717) is 11.0 Å². The topological polar surface area (TPSA) is 42.1 Å². The summed E-state index contributed by atoms with van der Waals surface area (Å²) in [5.41, 5.74) is 7.72. The summed E-state index contributed by atoms with van der Waals surface area (Å²) in [7, 11) is 2.12. The maximum absolute atomic E-state index is 5.82. The first-order valence-electron chi connectivity index (χ1n) is 6.99. The summed E-state index contributed by atoms with van der Waals surface area (Å²) in [4.78, 5) is 7.36. The molecule has 104 valence electrons. The van der Waals surface area contributed by atoms with E-state index in [2.05, 4.69) is 23.9 Å². The average Bonchev–Trinajstić information content (AvgIpc) is 2.37. The first kappa shape index (κ1) is 14.3. The van der Waals surface area contributed by atoms with Gasteiger partial charge in [-0.05, 0) is 37.8 Å². The molecule has 3 nitrogen and oxygen atoms in total. The lowest BCUT2D eigenvalue weighted by atomic mass is 9.86. The Bertz CT molecular complexity index is 472. The van der Waals surface area contributed by atoms with E-state index in [1.54, 1.807) is 0 Å². The predicted molar refractivity (Wildman–Crippen MR) is 84.7 cm³/mol. The van der Waals surface area contributed by atoms with Crippen molar-refractivity contribution in [1.29, 1.82) is 0 Å². The third-order valence-electron chi connectivity index (χ3n) is 4.07. The number of nitrogens with two attached hydrogens (primary N) is 1. The van der Waals surface area contributed by atoms with Crippen molar-refractivity contribution in [2.45, 2.75) is 45.6 Å². The maximum Gasteiger partial charge on any atom is 0.139 e. The Labute approximate surface area is 121 Å². The zero-order chi connectivity index (χ0) is 14.0. The van der Waals surface area contributed by atoms with E-state index in [4.69, 9.17) is 18.0 Å². The number of pyridine rings is 1. The van der Waals surface area contributed by atoms with Crippen LogP contribution in [0.25, 0.3) is 0 Å². The Morgan fingerprint density at radius 1 is 1.42 bits per heavy atom. The van der Waals surface area contributed by atoms with E-state index in [9.17, 15) is 0 Å². The lowest BCUT2D eigenvalue weighted by Gasteiger charge is -2.35. The molecule has 1 aliphatic rings. The Balaban J connectivity index is 2.29. The summed E-state index contributed by atoms with van der Waals surface area (Å²) < 4.78 is 0. The summed E-state index contributed by atoms with van der Waals surface area (Å²) in [6, 6.07) is 4.50. The van der Waals surface area contributed by atoms with Gasteiger partial charge in [0.2, 0.25) is 0 Å². The van der Waals surface area contributed by atoms with E-state index in [-0.39, 0.29) is 0 Å². The molecule has 0 bridgehead atoms.